The predicted octanol–water partition coefficient (Wildman–Crippen LogP) is 3.34. The van der Waals surface area contributed by atoms with Crippen LogP contribution in [-0.2, 0) is 6.18 Å². The molecule has 0 saturated heterocycles. The highest BCUT2D eigenvalue weighted by Crippen LogP contribution is 2.42. The van der Waals surface area contributed by atoms with Crippen LogP contribution >= 0.6 is 0 Å². The molecule has 0 atom stereocenters. The van der Waals surface area contributed by atoms with Gasteiger partial charge < -0.3 is 10.6 Å². The molecule has 9 nitrogen and oxygen atoms in total. The van der Waals surface area contributed by atoms with Crippen molar-refractivity contribution in [1.82, 2.24) is 34.7 Å². The van der Waals surface area contributed by atoms with E-state index in [9.17, 15) is 13.2 Å². The number of hydrogen-bond donors (Lipinski definition) is 2. The van der Waals surface area contributed by atoms with E-state index in [1.807, 2.05) is 22.5 Å². The van der Waals surface area contributed by atoms with Crippen molar-refractivity contribution in [2.45, 2.75) is 44.9 Å². The zero-order chi connectivity index (χ0) is 20.6. The summed E-state index contributed by atoms with van der Waals surface area (Å²) in [6.07, 6.45) is 3.14. The molecule has 0 amide bonds. The molecule has 0 radical (unpaired) electrons. The minimum Gasteiger partial charge on any atom is -0.370 e. The first-order valence-electron chi connectivity index (χ1n) is 9.21. The topological polar surface area (TPSA) is 98.4 Å². The zero-order valence-corrected chi connectivity index (χ0v) is 15.8. The van der Waals surface area contributed by atoms with E-state index in [-0.39, 0.29) is 17.8 Å². The first kappa shape index (κ1) is 19.2. The number of nitrogens with one attached hydrogen (secondary N) is 2. The maximum atomic E-state index is 13.1. The molecule has 3 aromatic heterocycles. The molecule has 29 heavy (non-hydrogen) atoms. The fourth-order valence-electron chi connectivity index (χ4n) is 3.37. The van der Waals surface area contributed by atoms with E-state index in [0.29, 0.717) is 18.3 Å². The van der Waals surface area contributed by atoms with Crippen LogP contribution in [0.15, 0.2) is 24.8 Å². The van der Waals surface area contributed by atoms with Crippen molar-refractivity contribution in [2.75, 3.05) is 17.2 Å². The van der Waals surface area contributed by atoms with E-state index >= 15 is 0 Å². The molecule has 1 aliphatic carbocycles. The Hall–Kier alpha value is -3.18. The zero-order valence-electron chi connectivity index (χ0n) is 15.8. The molecule has 2 N–H and O–H groups in total. The smallest absolute Gasteiger partial charge is 0.370 e. The Morgan fingerprint density at radius 3 is 2.66 bits per heavy atom. The van der Waals surface area contributed by atoms with Crippen molar-refractivity contribution in [2.24, 2.45) is 0 Å². The fourth-order valence-corrected chi connectivity index (χ4v) is 3.37. The van der Waals surface area contributed by atoms with E-state index in [4.69, 9.17) is 0 Å². The second-order valence-electron chi connectivity index (χ2n) is 6.86. The second kappa shape index (κ2) is 7.33. The van der Waals surface area contributed by atoms with E-state index < -0.39 is 11.7 Å². The van der Waals surface area contributed by atoms with Gasteiger partial charge in [-0.25, -0.2) is 9.67 Å². The minimum atomic E-state index is -4.53. The average Bonchev–Trinajstić information content (AvgIpc) is 3.26. The molecule has 3 aromatic rings. The maximum absolute atomic E-state index is 13.1. The molecule has 12 heteroatoms. The average molecular weight is 407 g/mol. The summed E-state index contributed by atoms with van der Waals surface area (Å²) in [4.78, 5) is 7.81. The highest BCUT2D eigenvalue weighted by atomic mass is 19.4. The van der Waals surface area contributed by atoms with Gasteiger partial charge in [0.25, 0.3) is 0 Å². The van der Waals surface area contributed by atoms with Gasteiger partial charge in [-0.15, -0.1) is 5.10 Å². The third kappa shape index (κ3) is 3.74. The van der Waals surface area contributed by atoms with Crippen molar-refractivity contribution in [3.8, 4) is 0 Å². The third-order valence-electron chi connectivity index (χ3n) is 4.98. The molecule has 1 saturated carbocycles. The lowest BCUT2D eigenvalue weighted by atomic mass is 9.87. The summed E-state index contributed by atoms with van der Waals surface area (Å²) < 4.78 is 43.1. The van der Waals surface area contributed by atoms with Gasteiger partial charge in [0.1, 0.15) is 11.4 Å². The largest absolute Gasteiger partial charge is 0.421 e. The lowest BCUT2D eigenvalue weighted by Gasteiger charge is -2.35. The van der Waals surface area contributed by atoms with E-state index in [2.05, 4.69) is 36.0 Å². The molecule has 0 bridgehead atoms. The lowest BCUT2D eigenvalue weighted by molar-refractivity contribution is -0.137. The monoisotopic (exact) mass is 407 g/mol. The van der Waals surface area contributed by atoms with Gasteiger partial charge >= 0.3 is 6.18 Å². The van der Waals surface area contributed by atoms with E-state index in [1.54, 1.807) is 19.3 Å². The Bertz CT molecular complexity index is 975. The number of alkyl halides is 3. The summed E-state index contributed by atoms with van der Waals surface area (Å²) >= 11 is 0. The van der Waals surface area contributed by atoms with Gasteiger partial charge in [-0.05, 0) is 26.7 Å². The van der Waals surface area contributed by atoms with Gasteiger partial charge in [-0.1, -0.05) is 5.21 Å². The van der Waals surface area contributed by atoms with Gasteiger partial charge in [0.2, 0.25) is 5.95 Å². The van der Waals surface area contributed by atoms with Crippen LogP contribution in [0.1, 0.15) is 43.1 Å². The molecule has 3 heterocycles. The first-order chi connectivity index (χ1) is 13.9. The summed E-state index contributed by atoms with van der Waals surface area (Å²) in [5.41, 5.74) is 0.614. The van der Waals surface area contributed by atoms with Crippen LogP contribution in [0.2, 0.25) is 0 Å². The van der Waals surface area contributed by atoms with Gasteiger partial charge in [-0.3, -0.25) is 4.68 Å². The molecule has 0 unspecified atom stereocenters. The minimum absolute atomic E-state index is 0.0747. The first-order valence-corrected chi connectivity index (χ1v) is 9.21. The van der Waals surface area contributed by atoms with Crippen LogP contribution in [0.4, 0.5) is 30.6 Å². The van der Waals surface area contributed by atoms with Crippen LogP contribution in [0.3, 0.4) is 0 Å². The molecule has 0 aromatic carbocycles. The van der Waals surface area contributed by atoms with Crippen molar-refractivity contribution < 1.29 is 13.2 Å². The van der Waals surface area contributed by atoms with Crippen molar-refractivity contribution in [3.05, 3.63) is 36.0 Å². The number of halogens is 3. The van der Waals surface area contributed by atoms with Crippen LogP contribution in [0.5, 0.6) is 0 Å². The Morgan fingerprint density at radius 1 is 1.21 bits per heavy atom. The molecule has 154 valence electrons. The van der Waals surface area contributed by atoms with E-state index in [1.165, 1.54) is 0 Å². The fraction of sp³-hybridized carbons (Fsp3) is 0.471. The number of hydrogen-bond acceptors (Lipinski definition) is 7. The number of anilines is 3. The quantitative estimate of drug-likeness (QED) is 0.647. The summed E-state index contributed by atoms with van der Waals surface area (Å²) in [6, 6.07) is 0.522. The standard InChI is InChI=1S/C17H20F3N9/c1-3-21-15-13(17(18,19)20)8-22-16(26-15)25-14-9-24-29(10(14)2)12-6-11(7-12)28-5-4-23-27-28/h4-5,8-9,11-12H,3,6-7H2,1-2H3,(H2,21,22,25,26)/t11-,12+. The Balaban J connectivity index is 1.49. The van der Waals surface area contributed by atoms with Gasteiger partial charge in [0.15, 0.2) is 0 Å². The highest BCUT2D eigenvalue weighted by Gasteiger charge is 2.36. The molecule has 1 aliphatic rings. The predicted molar refractivity (Wildman–Crippen MR) is 98.8 cm³/mol. The Morgan fingerprint density at radius 2 is 2.00 bits per heavy atom. The van der Waals surface area contributed by atoms with Crippen molar-refractivity contribution in [1.29, 1.82) is 0 Å². The number of nitrogens with zero attached hydrogens (tertiary/aromatic N) is 7. The Labute approximate surface area is 164 Å². The number of aromatic nitrogens is 7. The second-order valence-corrected chi connectivity index (χ2v) is 6.86. The third-order valence-corrected chi connectivity index (χ3v) is 4.98. The van der Waals surface area contributed by atoms with Gasteiger partial charge in [0, 0.05) is 18.9 Å². The van der Waals surface area contributed by atoms with Crippen molar-refractivity contribution in [3.63, 3.8) is 0 Å². The highest BCUT2D eigenvalue weighted by molar-refractivity contribution is 5.58. The summed E-state index contributed by atoms with van der Waals surface area (Å²) in [6.45, 7) is 3.91. The molecule has 4 rings (SSSR count). The summed E-state index contributed by atoms with van der Waals surface area (Å²) in [5.74, 6) is -0.178. The van der Waals surface area contributed by atoms with Crippen molar-refractivity contribution >= 4 is 17.5 Å². The molecule has 0 spiro atoms. The van der Waals surface area contributed by atoms with Gasteiger partial charge in [-0.2, -0.15) is 23.3 Å². The SMILES string of the molecule is CCNc1nc(Nc2cnn([C@H]3C[C@@H](n4ccnn4)C3)c2C)ncc1C(F)(F)F. The van der Waals surface area contributed by atoms with Gasteiger partial charge in [0.05, 0.1) is 35.9 Å². The lowest BCUT2D eigenvalue weighted by Crippen LogP contribution is -2.30. The Kier molecular flexibility index (Phi) is 4.84. The summed E-state index contributed by atoms with van der Waals surface area (Å²) in [7, 11) is 0. The van der Waals surface area contributed by atoms with Crippen LogP contribution in [-0.4, -0.2) is 41.3 Å². The molecular formula is C17H20F3N9. The van der Waals surface area contributed by atoms with Crippen LogP contribution in [0.25, 0.3) is 0 Å². The molecular weight excluding hydrogens is 387 g/mol. The molecule has 0 aliphatic heterocycles. The summed E-state index contributed by atoms with van der Waals surface area (Å²) in [5, 5.41) is 17.9. The number of rotatable bonds is 6. The molecule has 1 fully saturated rings. The van der Waals surface area contributed by atoms with Crippen LogP contribution in [0, 0.1) is 6.92 Å². The van der Waals surface area contributed by atoms with E-state index in [0.717, 1.165) is 24.7 Å². The normalized spacial score (nSPS) is 19.1. The maximum Gasteiger partial charge on any atom is 0.421 e. The van der Waals surface area contributed by atoms with Crippen LogP contribution < -0.4 is 10.6 Å².